The minimum atomic E-state index is -1.08. The highest BCUT2D eigenvalue weighted by atomic mass is 32.2. The fourth-order valence-corrected chi connectivity index (χ4v) is 3.78. The number of thioether (sulfide) groups is 1. The Morgan fingerprint density at radius 3 is 2.76 bits per heavy atom. The summed E-state index contributed by atoms with van der Waals surface area (Å²) in [5.41, 5.74) is -0.305. The lowest BCUT2D eigenvalue weighted by Crippen LogP contribution is -2.52. The maximum Gasteiger partial charge on any atom is 0.329 e. The molecule has 3 rings (SSSR count). The quantitative estimate of drug-likeness (QED) is 0.763. The van der Waals surface area contributed by atoms with Gasteiger partial charge in [-0.05, 0) is 29.9 Å². The van der Waals surface area contributed by atoms with Crippen LogP contribution in [0.1, 0.15) is 18.4 Å². The number of aromatic nitrogens is 2. The van der Waals surface area contributed by atoms with Gasteiger partial charge in [-0.2, -0.15) is 4.37 Å². The van der Waals surface area contributed by atoms with Crippen LogP contribution in [0.3, 0.4) is 0 Å². The average Bonchev–Trinajstić information content (AvgIpc) is 3.16. The van der Waals surface area contributed by atoms with Crippen molar-refractivity contribution in [1.82, 2.24) is 14.7 Å². The number of nitrogens with zero attached hydrogens (tertiary/aromatic N) is 2. The van der Waals surface area contributed by atoms with Gasteiger partial charge in [-0.1, -0.05) is 42.1 Å². The molecule has 1 atom stereocenters. The van der Waals surface area contributed by atoms with Crippen LogP contribution in [0.5, 0.6) is 0 Å². The third kappa shape index (κ3) is 3.25. The Morgan fingerprint density at radius 1 is 1.43 bits per heavy atom. The van der Waals surface area contributed by atoms with Gasteiger partial charge in [-0.25, -0.2) is 9.78 Å². The van der Waals surface area contributed by atoms with E-state index in [0.29, 0.717) is 5.75 Å². The molecule has 0 bridgehead atoms. The van der Waals surface area contributed by atoms with E-state index >= 15 is 0 Å². The standard InChI is InChI=1S/C14H15N3O2S2/c18-12(19)14(17-11-6-7-11,10-4-2-1-3-5-10)8-20-13-15-9-16-21-13/h1-5,9,11,17H,6-8H2,(H,18,19). The summed E-state index contributed by atoms with van der Waals surface area (Å²) < 4.78 is 4.74. The van der Waals surface area contributed by atoms with E-state index in [9.17, 15) is 9.90 Å². The molecule has 1 saturated carbocycles. The fraction of sp³-hybridized carbons (Fsp3) is 0.357. The molecule has 5 nitrogen and oxygen atoms in total. The average molecular weight is 321 g/mol. The van der Waals surface area contributed by atoms with E-state index in [4.69, 9.17) is 0 Å². The first kappa shape index (κ1) is 14.5. The largest absolute Gasteiger partial charge is 0.480 e. The van der Waals surface area contributed by atoms with Crippen LogP contribution in [0.4, 0.5) is 0 Å². The van der Waals surface area contributed by atoms with Crippen molar-refractivity contribution in [3.05, 3.63) is 42.2 Å². The summed E-state index contributed by atoms with van der Waals surface area (Å²) in [5.74, 6) is -0.462. The molecule has 2 N–H and O–H groups in total. The highest BCUT2D eigenvalue weighted by Crippen LogP contribution is 2.34. The summed E-state index contributed by atoms with van der Waals surface area (Å²) in [6, 6.07) is 9.66. The lowest BCUT2D eigenvalue weighted by Gasteiger charge is -2.30. The van der Waals surface area contributed by atoms with Gasteiger partial charge >= 0.3 is 5.97 Å². The van der Waals surface area contributed by atoms with E-state index in [-0.39, 0.29) is 6.04 Å². The molecule has 0 saturated heterocycles. The van der Waals surface area contributed by atoms with E-state index in [1.165, 1.54) is 29.6 Å². The van der Waals surface area contributed by atoms with Gasteiger partial charge in [-0.15, -0.1) is 0 Å². The van der Waals surface area contributed by atoms with Crippen LogP contribution in [-0.2, 0) is 10.3 Å². The molecule has 1 heterocycles. The first-order valence-electron chi connectivity index (χ1n) is 6.67. The number of hydrogen-bond acceptors (Lipinski definition) is 6. The highest BCUT2D eigenvalue weighted by Gasteiger charge is 2.44. The number of hydrogen-bond donors (Lipinski definition) is 2. The second-order valence-electron chi connectivity index (χ2n) is 4.99. The summed E-state index contributed by atoms with van der Waals surface area (Å²) in [6.07, 6.45) is 3.56. The van der Waals surface area contributed by atoms with Gasteiger partial charge < -0.3 is 5.11 Å². The van der Waals surface area contributed by atoms with Gasteiger partial charge in [-0.3, -0.25) is 5.32 Å². The number of carbonyl (C=O) groups is 1. The number of carboxylic acid groups (broad SMARTS) is 1. The SMILES string of the molecule is O=C(O)C(CSc1ncns1)(NC1CC1)c1ccccc1. The van der Waals surface area contributed by atoms with Crippen molar-refractivity contribution in [1.29, 1.82) is 0 Å². The first-order chi connectivity index (χ1) is 10.2. The molecule has 1 aliphatic rings. The molecule has 1 fully saturated rings. The van der Waals surface area contributed by atoms with E-state index in [1.807, 2.05) is 30.3 Å². The zero-order chi connectivity index (χ0) is 14.7. The zero-order valence-electron chi connectivity index (χ0n) is 11.2. The highest BCUT2D eigenvalue weighted by molar-refractivity contribution is 8.01. The van der Waals surface area contributed by atoms with E-state index < -0.39 is 11.5 Å². The predicted octanol–water partition coefficient (Wildman–Crippen LogP) is 2.36. The smallest absolute Gasteiger partial charge is 0.329 e. The summed E-state index contributed by atoms with van der Waals surface area (Å²) in [4.78, 5) is 16.2. The Kier molecular flexibility index (Phi) is 4.23. The van der Waals surface area contributed by atoms with E-state index in [2.05, 4.69) is 14.7 Å². The van der Waals surface area contributed by atoms with E-state index in [0.717, 1.165) is 22.7 Å². The Morgan fingerprint density at radius 2 is 2.19 bits per heavy atom. The van der Waals surface area contributed by atoms with Crippen LogP contribution in [0.15, 0.2) is 41.0 Å². The van der Waals surface area contributed by atoms with Gasteiger partial charge in [0.15, 0.2) is 9.88 Å². The lowest BCUT2D eigenvalue weighted by atomic mass is 9.91. The second kappa shape index (κ2) is 6.13. The normalized spacial score (nSPS) is 17.3. The van der Waals surface area contributed by atoms with Gasteiger partial charge in [0.1, 0.15) is 6.33 Å². The van der Waals surface area contributed by atoms with Crippen molar-refractivity contribution in [3.8, 4) is 0 Å². The molecule has 1 aliphatic carbocycles. The third-order valence-electron chi connectivity index (χ3n) is 3.41. The molecule has 0 radical (unpaired) electrons. The number of nitrogens with one attached hydrogen (secondary N) is 1. The van der Waals surface area contributed by atoms with Crippen molar-refractivity contribution < 1.29 is 9.90 Å². The minimum absolute atomic E-state index is 0.288. The number of aliphatic carboxylic acids is 1. The molecule has 1 aromatic heterocycles. The molecule has 2 aromatic rings. The van der Waals surface area contributed by atoms with Crippen molar-refractivity contribution in [3.63, 3.8) is 0 Å². The number of benzene rings is 1. The lowest BCUT2D eigenvalue weighted by molar-refractivity contribution is -0.144. The van der Waals surface area contributed by atoms with Crippen LogP contribution >= 0.6 is 23.3 Å². The van der Waals surface area contributed by atoms with Gasteiger partial charge in [0.05, 0.1) is 0 Å². The summed E-state index contributed by atoms with van der Waals surface area (Å²) in [7, 11) is 0. The Bertz CT molecular complexity index is 602. The summed E-state index contributed by atoms with van der Waals surface area (Å²) in [5, 5.41) is 13.2. The molecule has 0 spiro atoms. The van der Waals surface area contributed by atoms with Crippen molar-refractivity contribution >= 4 is 29.3 Å². The minimum Gasteiger partial charge on any atom is -0.480 e. The van der Waals surface area contributed by atoms with Crippen molar-refractivity contribution in [2.75, 3.05) is 5.75 Å². The number of rotatable bonds is 7. The molecule has 110 valence electrons. The van der Waals surface area contributed by atoms with Crippen molar-refractivity contribution in [2.45, 2.75) is 28.8 Å². The van der Waals surface area contributed by atoms with Gasteiger partial charge in [0, 0.05) is 11.8 Å². The maximum atomic E-state index is 12.0. The molecular formula is C14H15N3O2S2. The van der Waals surface area contributed by atoms with E-state index in [1.54, 1.807) is 0 Å². The summed E-state index contributed by atoms with van der Waals surface area (Å²) in [6.45, 7) is 0. The molecular weight excluding hydrogens is 306 g/mol. The molecule has 7 heteroatoms. The Hall–Kier alpha value is -1.44. The molecule has 1 unspecified atom stereocenters. The molecule has 0 aliphatic heterocycles. The fourth-order valence-electron chi connectivity index (χ4n) is 2.15. The van der Waals surface area contributed by atoms with Crippen LogP contribution in [0, 0.1) is 0 Å². The third-order valence-corrected chi connectivity index (χ3v) is 5.38. The Labute approximate surface area is 131 Å². The van der Waals surface area contributed by atoms with Crippen LogP contribution in [0.25, 0.3) is 0 Å². The van der Waals surface area contributed by atoms with Crippen LogP contribution in [-0.4, -0.2) is 32.2 Å². The number of carboxylic acids is 1. The maximum absolute atomic E-state index is 12.0. The topological polar surface area (TPSA) is 75.1 Å². The van der Waals surface area contributed by atoms with Crippen molar-refractivity contribution in [2.24, 2.45) is 0 Å². The predicted molar refractivity (Wildman–Crippen MR) is 82.5 cm³/mol. The first-order valence-corrected chi connectivity index (χ1v) is 8.43. The molecule has 21 heavy (non-hydrogen) atoms. The second-order valence-corrected chi connectivity index (χ2v) is 6.99. The zero-order valence-corrected chi connectivity index (χ0v) is 12.9. The molecule has 1 aromatic carbocycles. The molecule has 0 amide bonds. The monoisotopic (exact) mass is 321 g/mol. The van der Waals surface area contributed by atoms with Gasteiger partial charge in [0.25, 0.3) is 0 Å². The van der Waals surface area contributed by atoms with Crippen LogP contribution in [0.2, 0.25) is 0 Å². The summed E-state index contributed by atoms with van der Waals surface area (Å²) >= 11 is 2.71. The van der Waals surface area contributed by atoms with Gasteiger partial charge in [0.2, 0.25) is 0 Å². The Balaban J connectivity index is 1.89. The van der Waals surface area contributed by atoms with Crippen LogP contribution < -0.4 is 5.32 Å².